The molecule has 0 spiro atoms. The zero-order valence-corrected chi connectivity index (χ0v) is 10.2. The van der Waals surface area contributed by atoms with E-state index in [1.165, 1.54) is 0 Å². The van der Waals surface area contributed by atoms with Crippen molar-refractivity contribution >= 4 is 9.05 Å². The van der Waals surface area contributed by atoms with Crippen LogP contribution in [0.5, 0.6) is 0 Å². The largest absolute Gasteiger partial charge is 0.679 e. The van der Waals surface area contributed by atoms with E-state index < -0.39 is 9.05 Å². The van der Waals surface area contributed by atoms with E-state index in [9.17, 15) is 0 Å². The summed E-state index contributed by atoms with van der Waals surface area (Å²) in [5, 5.41) is 0. The van der Waals surface area contributed by atoms with Crippen LogP contribution in [0.3, 0.4) is 0 Å². The molecule has 0 amide bonds. The Hall–Kier alpha value is -0.203. The van der Waals surface area contributed by atoms with Crippen LogP contribution in [0.25, 0.3) is 0 Å². The first-order chi connectivity index (χ1) is 6.74. The van der Waals surface area contributed by atoms with E-state index >= 15 is 0 Å². The van der Waals surface area contributed by atoms with Gasteiger partial charge in [0.15, 0.2) is 0 Å². The van der Waals surface area contributed by atoms with E-state index in [2.05, 4.69) is 6.58 Å². The van der Waals surface area contributed by atoms with E-state index in [0.717, 1.165) is 0 Å². The molecule has 0 aliphatic heterocycles. The summed E-state index contributed by atoms with van der Waals surface area (Å²) in [6.07, 6.45) is 1.65. The van der Waals surface area contributed by atoms with Gasteiger partial charge in [-0.2, -0.15) is 0 Å². The van der Waals surface area contributed by atoms with Crippen LogP contribution in [0.2, 0.25) is 0 Å². The highest BCUT2D eigenvalue weighted by molar-refractivity contribution is 6.53. The quantitative estimate of drug-likeness (QED) is 0.438. The first-order valence-corrected chi connectivity index (χ1v) is 6.54. The summed E-state index contributed by atoms with van der Waals surface area (Å²) < 4.78 is 21.8. The van der Waals surface area contributed by atoms with E-state index in [0.29, 0.717) is 26.4 Å². The fraction of sp³-hybridized carbons (Fsp3) is 0.778. The first kappa shape index (κ1) is 13.8. The molecule has 0 saturated heterocycles. The van der Waals surface area contributed by atoms with Crippen molar-refractivity contribution in [2.45, 2.75) is 20.8 Å². The molecule has 0 aromatic rings. The third kappa shape index (κ3) is 4.87. The maximum Gasteiger partial charge on any atom is 0.679 e. The normalized spacial score (nSPS) is 11.6. The zero-order chi connectivity index (χ0) is 10.9. The molecule has 0 unspecified atom stereocenters. The summed E-state index contributed by atoms with van der Waals surface area (Å²) in [5.74, 6) is 0. The van der Waals surface area contributed by atoms with Crippen molar-refractivity contribution in [3.05, 3.63) is 12.7 Å². The number of hydrogen-bond donors (Lipinski definition) is 0. The highest BCUT2D eigenvalue weighted by Gasteiger charge is 2.44. The third-order valence-corrected chi connectivity index (χ3v) is 3.79. The Morgan fingerprint density at radius 3 is 1.64 bits per heavy atom. The number of hydrogen-bond acceptors (Lipinski definition) is 4. The Bertz CT molecular complexity index is 135. The molecule has 0 aliphatic carbocycles. The highest BCUT2D eigenvalue weighted by atomic mass is 28.4. The van der Waals surface area contributed by atoms with Crippen LogP contribution in [0.4, 0.5) is 0 Å². The van der Waals surface area contributed by atoms with E-state index in [1.807, 2.05) is 20.8 Å². The molecule has 14 heavy (non-hydrogen) atoms. The van der Waals surface area contributed by atoms with Crippen LogP contribution in [-0.2, 0) is 17.7 Å². The SMILES string of the molecule is C=CCO[Si](OCC)(OCC)OCC. The summed E-state index contributed by atoms with van der Waals surface area (Å²) in [4.78, 5) is 0. The van der Waals surface area contributed by atoms with Crippen LogP contribution >= 0.6 is 0 Å². The molecule has 4 nitrogen and oxygen atoms in total. The van der Waals surface area contributed by atoms with Crippen molar-refractivity contribution in [3.63, 3.8) is 0 Å². The molecule has 5 heteroatoms. The smallest absolute Gasteiger partial charge is 0.351 e. The maximum absolute atomic E-state index is 5.45. The summed E-state index contributed by atoms with van der Waals surface area (Å²) in [5.41, 5.74) is 0. The molecule has 0 atom stereocenters. The minimum atomic E-state index is -2.89. The Morgan fingerprint density at radius 2 is 1.36 bits per heavy atom. The Kier molecular flexibility index (Phi) is 8.02. The molecule has 0 heterocycles. The summed E-state index contributed by atoms with van der Waals surface area (Å²) in [6, 6.07) is 0. The predicted molar refractivity (Wildman–Crippen MR) is 56.8 cm³/mol. The van der Waals surface area contributed by atoms with Crippen LogP contribution in [-0.4, -0.2) is 35.5 Å². The standard InChI is InChI=1S/C9H20O4Si/c1-5-9-13-14(10-6-2,11-7-3)12-8-4/h5H,1,6-9H2,2-4H3. The predicted octanol–water partition coefficient (Wildman–Crippen LogP) is 1.73. The van der Waals surface area contributed by atoms with Gasteiger partial charge in [0.25, 0.3) is 0 Å². The monoisotopic (exact) mass is 220 g/mol. The Morgan fingerprint density at radius 1 is 0.929 bits per heavy atom. The van der Waals surface area contributed by atoms with E-state index in [1.54, 1.807) is 6.08 Å². The van der Waals surface area contributed by atoms with Gasteiger partial charge >= 0.3 is 9.05 Å². The molecule has 0 aromatic carbocycles. The summed E-state index contributed by atoms with van der Waals surface area (Å²) >= 11 is 0. The lowest BCUT2D eigenvalue weighted by Gasteiger charge is -2.26. The lowest BCUT2D eigenvalue weighted by Crippen LogP contribution is -2.49. The highest BCUT2D eigenvalue weighted by Crippen LogP contribution is 2.11. The van der Waals surface area contributed by atoms with Crippen LogP contribution in [0.1, 0.15) is 20.8 Å². The van der Waals surface area contributed by atoms with Gasteiger partial charge < -0.3 is 17.7 Å². The van der Waals surface area contributed by atoms with Crippen molar-refractivity contribution < 1.29 is 17.7 Å². The molecule has 84 valence electrons. The van der Waals surface area contributed by atoms with Gasteiger partial charge in [-0.3, -0.25) is 0 Å². The molecular weight excluding hydrogens is 200 g/mol. The molecule has 0 radical (unpaired) electrons. The lowest BCUT2D eigenvalue weighted by atomic mass is 10.7. The second-order valence-electron chi connectivity index (χ2n) is 2.40. The third-order valence-electron chi connectivity index (χ3n) is 1.34. The molecule has 0 aromatic heterocycles. The van der Waals surface area contributed by atoms with E-state index in [4.69, 9.17) is 17.7 Å². The van der Waals surface area contributed by atoms with E-state index in [-0.39, 0.29) is 0 Å². The average molecular weight is 220 g/mol. The van der Waals surface area contributed by atoms with Gasteiger partial charge in [-0.25, -0.2) is 0 Å². The van der Waals surface area contributed by atoms with Gasteiger partial charge in [-0.05, 0) is 20.8 Å². The van der Waals surface area contributed by atoms with Crippen molar-refractivity contribution in [2.75, 3.05) is 26.4 Å². The minimum Gasteiger partial charge on any atom is -0.351 e. The molecule has 0 fully saturated rings. The second kappa shape index (κ2) is 8.13. The van der Waals surface area contributed by atoms with Gasteiger partial charge in [0.05, 0.1) is 6.61 Å². The molecule has 0 aliphatic rings. The van der Waals surface area contributed by atoms with Crippen molar-refractivity contribution in [2.24, 2.45) is 0 Å². The molecule has 0 saturated carbocycles. The molecular formula is C9H20O4Si. The fourth-order valence-corrected chi connectivity index (χ4v) is 2.82. The van der Waals surface area contributed by atoms with Crippen LogP contribution in [0, 0.1) is 0 Å². The maximum atomic E-state index is 5.45. The Balaban J connectivity index is 4.28. The average Bonchev–Trinajstić information content (AvgIpc) is 2.16. The van der Waals surface area contributed by atoms with Gasteiger partial charge in [-0.1, -0.05) is 6.08 Å². The summed E-state index contributed by atoms with van der Waals surface area (Å²) in [7, 11) is -2.89. The van der Waals surface area contributed by atoms with Gasteiger partial charge in [-0.15, -0.1) is 6.58 Å². The minimum absolute atomic E-state index is 0.381. The van der Waals surface area contributed by atoms with Crippen LogP contribution in [0.15, 0.2) is 12.7 Å². The van der Waals surface area contributed by atoms with Crippen molar-refractivity contribution in [1.29, 1.82) is 0 Å². The molecule has 0 bridgehead atoms. The fourth-order valence-electron chi connectivity index (χ4n) is 0.941. The molecule has 0 N–H and O–H groups in total. The van der Waals surface area contributed by atoms with Crippen molar-refractivity contribution in [3.8, 4) is 0 Å². The topological polar surface area (TPSA) is 36.9 Å². The van der Waals surface area contributed by atoms with Gasteiger partial charge in [0.1, 0.15) is 0 Å². The Labute approximate surface area is 87.3 Å². The second-order valence-corrected chi connectivity index (χ2v) is 4.55. The van der Waals surface area contributed by atoms with Gasteiger partial charge in [0.2, 0.25) is 0 Å². The summed E-state index contributed by atoms with van der Waals surface area (Å²) in [6.45, 7) is 11.2. The molecule has 0 rings (SSSR count). The zero-order valence-electron chi connectivity index (χ0n) is 9.25. The lowest BCUT2D eigenvalue weighted by molar-refractivity contribution is -0.0215. The van der Waals surface area contributed by atoms with Crippen LogP contribution < -0.4 is 0 Å². The van der Waals surface area contributed by atoms with Crippen molar-refractivity contribution in [1.82, 2.24) is 0 Å². The van der Waals surface area contributed by atoms with Gasteiger partial charge in [0, 0.05) is 19.8 Å². The number of rotatable bonds is 9. The first-order valence-electron chi connectivity index (χ1n) is 4.91.